The van der Waals surface area contributed by atoms with E-state index in [1.54, 1.807) is 0 Å². The summed E-state index contributed by atoms with van der Waals surface area (Å²) in [6, 6.07) is 6.38. The van der Waals surface area contributed by atoms with E-state index in [9.17, 15) is 0 Å². The van der Waals surface area contributed by atoms with E-state index in [4.69, 9.17) is 5.73 Å². The molecule has 0 atom stereocenters. The van der Waals surface area contributed by atoms with Gasteiger partial charge in [-0.25, -0.2) is 0 Å². The molecule has 0 unspecified atom stereocenters. The van der Waals surface area contributed by atoms with Crippen molar-refractivity contribution >= 4 is 11.4 Å². The van der Waals surface area contributed by atoms with Crippen LogP contribution < -0.4 is 23.0 Å². The number of benzene rings is 1. The van der Waals surface area contributed by atoms with Crippen LogP contribution in [0.3, 0.4) is 0 Å². The summed E-state index contributed by atoms with van der Waals surface area (Å²) < 4.78 is 1.13. The molecule has 0 saturated carbocycles. The van der Waals surface area contributed by atoms with E-state index in [0.717, 1.165) is 23.3 Å². The number of quaternary nitrogens is 1. The van der Waals surface area contributed by atoms with Gasteiger partial charge in [-0.05, 0) is 30.7 Å². The SMILES string of the molecule is Cc1cc(N2CCC[N+](C)(C)CC2)ccc1N.[Cl-]. The Morgan fingerprint density at radius 1 is 1.17 bits per heavy atom. The zero-order valence-corrected chi connectivity index (χ0v) is 12.4. The van der Waals surface area contributed by atoms with Crippen molar-refractivity contribution in [3.8, 4) is 0 Å². The summed E-state index contributed by atoms with van der Waals surface area (Å²) in [4.78, 5) is 2.49. The highest BCUT2D eigenvalue weighted by Crippen LogP contribution is 2.22. The minimum absolute atomic E-state index is 0. The van der Waals surface area contributed by atoms with E-state index in [-0.39, 0.29) is 12.4 Å². The van der Waals surface area contributed by atoms with Gasteiger partial charge < -0.3 is 27.5 Å². The highest BCUT2D eigenvalue weighted by molar-refractivity contribution is 5.58. The van der Waals surface area contributed by atoms with E-state index in [2.05, 4.69) is 38.1 Å². The Kier molecular flexibility index (Phi) is 4.88. The summed E-state index contributed by atoms with van der Waals surface area (Å²) in [7, 11) is 4.63. The van der Waals surface area contributed by atoms with Gasteiger partial charge in [-0.1, -0.05) is 0 Å². The molecule has 0 aliphatic carbocycles. The van der Waals surface area contributed by atoms with E-state index in [1.165, 1.54) is 30.8 Å². The number of nitrogens with zero attached hydrogens (tertiary/aromatic N) is 2. The predicted molar refractivity (Wildman–Crippen MR) is 74.3 cm³/mol. The first-order chi connectivity index (χ1) is 7.98. The first kappa shape index (κ1) is 15.1. The Balaban J connectivity index is 0.00000162. The summed E-state index contributed by atoms with van der Waals surface area (Å²) in [5, 5.41) is 0. The van der Waals surface area contributed by atoms with Crippen molar-refractivity contribution in [1.29, 1.82) is 0 Å². The van der Waals surface area contributed by atoms with Gasteiger partial charge in [0.25, 0.3) is 0 Å². The maximum absolute atomic E-state index is 5.87. The molecule has 1 aromatic carbocycles. The van der Waals surface area contributed by atoms with Crippen LogP contribution in [0.25, 0.3) is 0 Å². The van der Waals surface area contributed by atoms with Crippen molar-refractivity contribution in [2.24, 2.45) is 0 Å². The average Bonchev–Trinajstić information content (AvgIpc) is 2.44. The quantitative estimate of drug-likeness (QED) is 0.516. The van der Waals surface area contributed by atoms with Gasteiger partial charge in [0.1, 0.15) is 0 Å². The first-order valence-electron chi connectivity index (χ1n) is 6.41. The molecule has 0 aromatic heterocycles. The third kappa shape index (κ3) is 3.53. The van der Waals surface area contributed by atoms with E-state index < -0.39 is 0 Å². The monoisotopic (exact) mass is 269 g/mol. The fraction of sp³-hybridized carbons (Fsp3) is 0.571. The lowest BCUT2D eigenvalue weighted by Crippen LogP contribution is -3.00. The first-order valence-corrected chi connectivity index (χ1v) is 6.41. The Bertz CT molecular complexity index is 404. The van der Waals surface area contributed by atoms with Gasteiger partial charge in [-0.2, -0.15) is 0 Å². The Morgan fingerprint density at radius 2 is 1.89 bits per heavy atom. The van der Waals surface area contributed by atoms with Crippen molar-refractivity contribution in [3.63, 3.8) is 0 Å². The fourth-order valence-electron chi connectivity index (χ4n) is 2.42. The molecule has 1 aromatic rings. The molecule has 2 rings (SSSR count). The highest BCUT2D eigenvalue weighted by Gasteiger charge is 2.21. The molecule has 1 aliphatic rings. The summed E-state index contributed by atoms with van der Waals surface area (Å²) in [5.74, 6) is 0. The Hall–Kier alpha value is -0.930. The number of nitrogen functional groups attached to an aromatic ring is 1. The van der Waals surface area contributed by atoms with Gasteiger partial charge in [-0.15, -0.1) is 0 Å². The third-order valence-corrected chi connectivity index (χ3v) is 3.79. The Labute approximate surface area is 117 Å². The predicted octanol–water partition coefficient (Wildman–Crippen LogP) is -1.13. The molecule has 1 fully saturated rings. The van der Waals surface area contributed by atoms with Crippen molar-refractivity contribution in [2.75, 3.05) is 50.9 Å². The van der Waals surface area contributed by atoms with Crippen molar-refractivity contribution < 1.29 is 16.9 Å². The fourth-order valence-corrected chi connectivity index (χ4v) is 2.42. The van der Waals surface area contributed by atoms with Crippen molar-refractivity contribution in [3.05, 3.63) is 23.8 Å². The normalized spacial score (nSPS) is 18.9. The second-order valence-electron chi connectivity index (χ2n) is 5.76. The van der Waals surface area contributed by atoms with Gasteiger partial charge in [0.2, 0.25) is 0 Å². The number of nitrogens with two attached hydrogens (primary N) is 1. The zero-order valence-electron chi connectivity index (χ0n) is 11.6. The summed E-state index contributed by atoms with van der Waals surface area (Å²) >= 11 is 0. The van der Waals surface area contributed by atoms with E-state index in [1.807, 2.05) is 6.07 Å². The second-order valence-corrected chi connectivity index (χ2v) is 5.76. The van der Waals surface area contributed by atoms with Gasteiger partial charge in [0.05, 0.1) is 33.7 Å². The van der Waals surface area contributed by atoms with E-state index >= 15 is 0 Å². The van der Waals surface area contributed by atoms with Crippen LogP contribution in [0.5, 0.6) is 0 Å². The largest absolute Gasteiger partial charge is 1.00 e. The number of rotatable bonds is 1. The van der Waals surface area contributed by atoms with Crippen LogP contribution in [0.2, 0.25) is 0 Å². The number of halogens is 1. The maximum Gasteiger partial charge on any atom is 0.0960 e. The molecule has 102 valence electrons. The van der Waals surface area contributed by atoms with Crippen molar-refractivity contribution in [2.45, 2.75) is 13.3 Å². The van der Waals surface area contributed by atoms with Gasteiger partial charge in [0, 0.05) is 24.3 Å². The third-order valence-electron chi connectivity index (χ3n) is 3.79. The minimum Gasteiger partial charge on any atom is -1.00 e. The number of aryl methyl sites for hydroxylation is 1. The molecule has 1 saturated heterocycles. The van der Waals surface area contributed by atoms with Crippen molar-refractivity contribution in [1.82, 2.24) is 0 Å². The summed E-state index contributed by atoms with van der Waals surface area (Å²) in [6.45, 7) is 6.85. The number of likely N-dealkylation sites (N-methyl/N-ethyl adjacent to an activating group) is 1. The lowest BCUT2D eigenvalue weighted by Gasteiger charge is -2.28. The topological polar surface area (TPSA) is 29.3 Å². The molecule has 18 heavy (non-hydrogen) atoms. The number of anilines is 2. The van der Waals surface area contributed by atoms with Gasteiger partial charge in [0.15, 0.2) is 0 Å². The lowest BCUT2D eigenvalue weighted by molar-refractivity contribution is -0.887. The number of hydrogen-bond donors (Lipinski definition) is 1. The molecule has 1 heterocycles. The summed E-state index contributed by atoms with van der Waals surface area (Å²) in [6.07, 6.45) is 1.26. The van der Waals surface area contributed by atoms with Crippen LogP contribution in [-0.2, 0) is 0 Å². The van der Waals surface area contributed by atoms with E-state index in [0.29, 0.717) is 0 Å². The second kappa shape index (κ2) is 5.81. The molecule has 4 heteroatoms. The molecule has 1 aliphatic heterocycles. The summed E-state index contributed by atoms with van der Waals surface area (Å²) in [5.41, 5.74) is 9.26. The van der Waals surface area contributed by atoms with Gasteiger partial charge in [-0.3, -0.25) is 0 Å². The minimum atomic E-state index is 0. The molecular weight excluding hydrogens is 246 g/mol. The molecular formula is C14H24ClN3. The average molecular weight is 270 g/mol. The lowest BCUT2D eigenvalue weighted by atomic mass is 10.1. The highest BCUT2D eigenvalue weighted by atomic mass is 35.5. The van der Waals surface area contributed by atoms with Crippen LogP contribution in [0.15, 0.2) is 18.2 Å². The molecule has 0 amide bonds. The Morgan fingerprint density at radius 3 is 2.56 bits per heavy atom. The van der Waals surface area contributed by atoms with Crippen LogP contribution in [-0.4, -0.2) is 44.8 Å². The molecule has 0 bridgehead atoms. The van der Waals surface area contributed by atoms with Crippen LogP contribution in [0.4, 0.5) is 11.4 Å². The standard InChI is InChI=1S/C14H24N3.ClH/c1-12-11-13(5-6-14(12)15)16-7-4-9-17(2,3)10-8-16;/h5-6,11H,4,7-10,15H2,1-3H3;1H/q+1;/p-1. The van der Waals surface area contributed by atoms with Crippen LogP contribution in [0.1, 0.15) is 12.0 Å². The number of hydrogen-bond acceptors (Lipinski definition) is 2. The maximum atomic E-state index is 5.87. The van der Waals surface area contributed by atoms with Crippen LogP contribution in [0, 0.1) is 6.92 Å². The van der Waals surface area contributed by atoms with Crippen LogP contribution >= 0.6 is 0 Å². The zero-order chi connectivity index (χ0) is 12.5. The molecule has 2 N–H and O–H groups in total. The molecule has 3 nitrogen and oxygen atoms in total. The molecule has 0 radical (unpaired) electrons. The van der Waals surface area contributed by atoms with Gasteiger partial charge >= 0.3 is 0 Å². The smallest absolute Gasteiger partial charge is 0.0960 e. The molecule has 0 spiro atoms.